The van der Waals surface area contributed by atoms with Crippen molar-refractivity contribution in [1.29, 1.82) is 0 Å². The summed E-state index contributed by atoms with van der Waals surface area (Å²) in [5.74, 6) is 0.775. The molecule has 0 saturated heterocycles. The first-order valence-electron chi connectivity index (χ1n) is 10.4. The number of aromatic nitrogens is 2. The summed E-state index contributed by atoms with van der Waals surface area (Å²) in [7, 11) is 0. The van der Waals surface area contributed by atoms with Crippen LogP contribution in [0.5, 0.6) is 11.5 Å². The minimum atomic E-state index is -0.558. The van der Waals surface area contributed by atoms with Crippen LogP contribution in [0.25, 0.3) is 11.6 Å². The molecule has 10 nitrogen and oxygen atoms in total. The van der Waals surface area contributed by atoms with Crippen LogP contribution in [0.15, 0.2) is 45.5 Å². The number of aryl methyl sites for hydroxylation is 1. The van der Waals surface area contributed by atoms with E-state index in [2.05, 4.69) is 15.5 Å². The monoisotopic (exact) mass is 439 g/mol. The standard InChI is InChI=1S/C22H21N3O7/c26-18(23-14-5-6-15-17(12-14)31-22(30-15)9-1-2-10-22)13-29-20(27)8-7-19-24-21(25-32-19)16-4-3-11-28-16/h3-6,11-12H,1-2,7-10,13H2,(H,23,26). The third kappa shape index (κ3) is 4.29. The van der Waals surface area contributed by atoms with Crippen LogP contribution in [0.4, 0.5) is 5.69 Å². The predicted octanol–water partition coefficient (Wildman–Crippen LogP) is 3.49. The molecule has 1 aliphatic heterocycles. The fraction of sp³-hybridized carbons (Fsp3) is 0.364. The van der Waals surface area contributed by atoms with Crippen LogP contribution in [0, 0.1) is 0 Å². The molecule has 3 aromatic rings. The number of esters is 1. The number of furan rings is 1. The predicted molar refractivity (Wildman–Crippen MR) is 109 cm³/mol. The number of carbonyl (C=O) groups excluding carboxylic acids is 2. The molecule has 0 atom stereocenters. The molecule has 3 heterocycles. The molecule has 1 N–H and O–H groups in total. The van der Waals surface area contributed by atoms with Crippen molar-refractivity contribution in [3.8, 4) is 23.1 Å². The largest absolute Gasteiger partial charge is 0.461 e. The maximum absolute atomic E-state index is 12.2. The average molecular weight is 439 g/mol. The zero-order valence-electron chi connectivity index (χ0n) is 17.2. The lowest BCUT2D eigenvalue weighted by atomic mass is 10.2. The SMILES string of the molecule is O=C(COC(=O)CCc1nc(-c2ccco2)no1)Nc1ccc2c(c1)OC1(CCCC1)O2. The van der Waals surface area contributed by atoms with Gasteiger partial charge in [-0.2, -0.15) is 4.98 Å². The van der Waals surface area contributed by atoms with Crippen LogP contribution in [0.3, 0.4) is 0 Å². The molecule has 166 valence electrons. The number of benzene rings is 1. The molecule has 1 spiro atoms. The van der Waals surface area contributed by atoms with E-state index in [1.807, 2.05) is 0 Å². The fourth-order valence-corrected chi connectivity index (χ4v) is 3.78. The third-order valence-corrected chi connectivity index (χ3v) is 5.30. The molecule has 2 aromatic heterocycles. The van der Waals surface area contributed by atoms with Crippen molar-refractivity contribution in [2.24, 2.45) is 0 Å². The molecule has 10 heteroatoms. The Hall–Kier alpha value is -3.82. The van der Waals surface area contributed by atoms with E-state index in [1.165, 1.54) is 6.26 Å². The highest BCUT2D eigenvalue weighted by Gasteiger charge is 2.44. The molecule has 1 fully saturated rings. The lowest BCUT2D eigenvalue weighted by molar-refractivity contribution is -0.147. The Balaban J connectivity index is 1.07. The highest BCUT2D eigenvalue weighted by atomic mass is 16.7. The highest BCUT2D eigenvalue weighted by Crippen LogP contribution is 2.47. The second-order valence-electron chi connectivity index (χ2n) is 7.68. The van der Waals surface area contributed by atoms with Gasteiger partial charge in [0.1, 0.15) is 0 Å². The van der Waals surface area contributed by atoms with Gasteiger partial charge in [-0.25, -0.2) is 0 Å². The van der Waals surface area contributed by atoms with Crippen LogP contribution in [0.2, 0.25) is 0 Å². The Morgan fingerprint density at radius 2 is 1.97 bits per heavy atom. The zero-order valence-corrected chi connectivity index (χ0v) is 17.2. The first-order chi connectivity index (χ1) is 15.6. The molecular weight excluding hydrogens is 418 g/mol. The van der Waals surface area contributed by atoms with Crippen LogP contribution in [-0.2, 0) is 20.7 Å². The number of nitrogens with zero attached hydrogens (tertiary/aromatic N) is 2. The molecule has 1 aliphatic carbocycles. The van der Waals surface area contributed by atoms with E-state index in [0.717, 1.165) is 25.7 Å². The first-order valence-corrected chi connectivity index (χ1v) is 10.4. The minimum absolute atomic E-state index is 0.000819. The Kier molecular flexibility index (Phi) is 5.26. The minimum Gasteiger partial charge on any atom is -0.461 e. The number of nitrogens with one attached hydrogen (secondary N) is 1. The van der Waals surface area contributed by atoms with Gasteiger partial charge in [-0.3, -0.25) is 9.59 Å². The Morgan fingerprint density at radius 3 is 2.78 bits per heavy atom. The first kappa shape index (κ1) is 20.1. The Bertz CT molecular complexity index is 1120. The summed E-state index contributed by atoms with van der Waals surface area (Å²) in [6.07, 6.45) is 5.54. The summed E-state index contributed by atoms with van der Waals surface area (Å²) in [6.45, 7) is -0.404. The maximum atomic E-state index is 12.2. The molecule has 1 aromatic carbocycles. The fourth-order valence-electron chi connectivity index (χ4n) is 3.78. The summed E-state index contributed by atoms with van der Waals surface area (Å²) in [5.41, 5.74) is 0.541. The van der Waals surface area contributed by atoms with Crippen molar-refractivity contribution in [3.63, 3.8) is 0 Å². The van der Waals surface area contributed by atoms with E-state index < -0.39 is 24.3 Å². The van der Waals surface area contributed by atoms with Gasteiger partial charge < -0.3 is 28.5 Å². The molecule has 2 aliphatic rings. The van der Waals surface area contributed by atoms with Crippen molar-refractivity contribution in [2.45, 2.75) is 44.3 Å². The normalized spacial score (nSPS) is 15.8. The van der Waals surface area contributed by atoms with Crippen molar-refractivity contribution < 1.29 is 32.7 Å². The summed E-state index contributed by atoms with van der Waals surface area (Å²) in [4.78, 5) is 28.3. The Labute approximate surface area is 182 Å². The van der Waals surface area contributed by atoms with Gasteiger partial charge in [0.2, 0.25) is 11.7 Å². The molecule has 0 unspecified atom stereocenters. The van der Waals surface area contributed by atoms with Crippen molar-refractivity contribution in [3.05, 3.63) is 42.5 Å². The van der Waals surface area contributed by atoms with Gasteiger partial charge in [0, 0.05) is 31.0 Å². The van der Waals surface area contributed by atoms with Crippen molar-refractivity contribution >= 4 is 17.6 Å². The van der Waals surface area contributed by atoms with E-state index >= 15 is 0 Å². The van der Waals surface area contributed by atoms with Gasteiger partial charge in [0.15, 0.2) is 23.9 Å². The molecule has 1 saturated carbocycles. The van der Waals surface area contributed by atoms with Gasteiger partial charge in [0.05, 0.1) is 12.7 Å². The summed E-state index contributed by atoms with van der Waals surface area (Å²) < 4.78 is 27.2. The number of carbonyl (C=O) groups is 2. The number of hydrogen-bond donors (Lipinski definition) is 1. The third-order valence-electron chi connectivity index (χ3n) is 5.30. The van der Waals surface area contributed by atoms with Crippen molar-refractivity contribution in [2.75, 3.05) is 11.9 Å². The van der Waals surface area contributed by atoms with Crippen LogP contribution < -0.4 is 14.8 Å². The highest BCUT2D eigenvalue weighted by molar-refractivity contribution is 5.93. The van der Waals surface area contributed by atoms with E-state index in [1.54, 1.807) is 30.3 Å². The smallest absolute Gasteiger partial charge is 0.306 e. The molecule has 1 amide bonds. The number of fused-ring (bicyclic) bond motifs is 1. The maximum Gasteiger partial charge on any atom is 0.306 e. The summed E-state index contributed by atoms with van der Waals surface area (Å²) >= 11 is 0. The van der Waals surface area contributed by atoms with E-state index in [-0.39, 0.29) is 18.7 Å². The number of anilines is 1. The van der Waals surface area contributed by atoms with Gasteiger partial charge in [-0.05, 0) is 37.1 Å². The second-order valence-corrected chi connectivity index (χ2v) is 7.68. The summed E-state index contributed by atoms with van der Waals surface area (Å²) in [5, 5.41) is 6.49. The van der Waals surface area contributed by atoms with Crippen molar-refractivity contribution in [1.82, 2.24) is 10.1 Å². The summed E-state index contributed by atoms with van der Waals surface area (Å²) in [6, 6.07) is 8.62. The quantitative estimate of drug-likeness (QED) is 0.551. The van der Waals surface area contributed by atoms with Gasteiger partial charge in [0.25, 0.3) is 11.7 Å². The topological polar surface area (TPSA) is 126 Å². The van der Waals surface area contributed by atoms with Gasteiger partial charge >= 0.3 is 5.97 Å². The molecule has 0 radical (unpaired) electrons. The number of ether oxygens (including phenoxy) is 3. The van der Waals surface area contributed by atoms with Gasteiger partial charge in [-0.1, -0.05) is 5.16 Å². The molecule has 0 bridgehead atoms. The second kappa shape index (κ2) is 8.37. The average Bonchev–Trinajstić information content (AvgIpc) is 3.57. The van der Waals surface area contributed by atoms with E-state index in [0.29, 0.717) is 28.8 Å². The number of rotatable bonds is 7. The number of hydrogen-bond acceptors (Lipinski definition) is 9. The van der Waals surface area contributed by atoms with Crippen LogP contribution in [-0.4, -0.2) is 34.4 Å². The molecule has 32 heavy (non-hydrogen) atoms. The van der Waals surface area contributed by atoms with E-state index in [4.69, 9.17) is 23.2 Å². The lowest BCUT2D eigenvalue weighted by Gasteiger charge is -2.21. The lowest BCUT2D eigenvalue weighted by Crippen LogP contribution is -2.34. The van der Waals surface area contributed by atoms with Crippen LogP contribution in [0.1, 0.15) is 38.0 Å². The number of amides is 1. The van der Waals surface area contributed by atoms with E-state index in [9.17, 15) is 9.59 Å². The van der Waals surface area contributed by atoms with Crippen LogP contribution >= 0.6 is 0 Å². The van der Waals surface area contributed by atoms with Gasteiger partial charge in [-0.15, -0.1) is 0 Å². The molecule has 5 rings (SSSR count). The molecular formula is C22H21N3O7. The zero-order chi connectivity index (χ0) is 22.0. The Morgan fingerprint density at radius 1 is 1.12 bits per heavy atom.